The standard InChI is InChI=1S/C15H30N2/c1-14-7-3-2-6-11-17(14)12-10-16-13-15-8-4-5-9-15/h14-16H,2-13H2,1H3. The Morgan fingerprint density at radius 2 is 1.76 bits per heavy atom. The molecular formula is C15H30N2. The lowest BCUT2D eigenvalue weighted by Crippen LogP contribution is -2.38. The van der Waals surface area contributed by atoms with E-state index in [1.165, 1.54) is 77.5 Å². The highest BCUT2D eigenvalue weighted by Crippen LogP contribution is 2.23. The molecule has 17 heavy (non-hydrogen) atoms. The second-order valence-corrected chi connectivity index (χ2v) is 6.09. The second kappa shape index (κ2) is 7.38. The summed E-state index contributed by atoms with van der Waals surface area (Å²) in [6, 6.07) is 0.811. The zero-order valence-corrected chi connectivity index (χ0v) is 11.6. The van der Waals surface area contributed by atoms with Crippen molar-refractivity contribution in [3.8, 4) is 0 Å². The van der Waals surface area contributed by atoms with Crippen LogP contribution in [0.3, 0.4) is 0 Å². The van der Waals surface area contributed by atoms with Gasteiger partial charge in [0, 0.05) is 19.1 Å². The Balaban J connectivity index is 1.56. The molecule has 1 saturated heterocycles. The SMILES string of the molecule is CC1CCCCCN1CCNCC1CCCC1. The topological polar surface area (TPSA) is 15.3 Å². The fourth-order valence-corrected chi connectivity index (χ4v) is 3.41. The van der Waals surface area contributed by atoms with E-state index < -0.39 is 0 Å². The van der Waals surface area contributed by atoms with E-state index in [1.807, 2.05) is 0 Å². The third-order valence-corrected chi connectivity index (χ3v) is 4.67. The normalized spacial score (nSPS) is 28.4. The zero-order valence-electron chi connectivity index (χ0n) is 11.6. The molecule has 1 atom stereocenters. The lowest BCUT2D eigenvalue weighted by Gasteiger charge is -2.27. The molecule has 0 radical (unpaired) electrons. The van der Waals surface area contributed by atoms with Gasteiger partial charge in [-0.15, -0.1) is 0 Å². The number of hydrogen-bond acceptors (Lipinski definition) is 2. The van der Waals surface area contributed by atoms with E-state index in [0.29, 0.717) is 0 Å². The largest absolute Gasteiger partial charge is 0.315 e. The van der Waals surface area contributed by atoms with Gasteiger partial charge < -0.3 is 5.32 Å². The van der Waals surface area contributed by atoms with E-state index in [9.17, 15) is 0 Å². The zero-order chi connectivity index (χ0) is 11.9. The fraction of sp³-hybridized carbons (Fsp3) is 1.00. The molecule has 0 aromatic carbocycles. The second-order valence-electron chi connectivity index (χ2n) is 6.09. The van der Waals surface area contributed by atoms with Crippen LogP contribution in [0.1, 0.15) is 58.3 Å². The van der Waals surface area contributed by atoms with E-state index in [0.717, 1.165) is 12.0 Å². The van der Waals surface area contributed by atoms with Crippen molar-refractivity contribution >= 4 is 0 Å². The summed E-state index contributed by atoms with van der Waals surface area (Å²) in [5, 5.41) is 3.67. The van der Waals surface area contributed by atoms with Crippen LogP contribution in [0.25, 0.3) is 0 Å². The molecule has 1 heterocycles. The fourth-order valence-electron chi connectivity index (χ4n) is 3.41. The van der Waals surface area contributed by atoms with Crippen molar-refractivity contribution in [3.05, 3.63) is 0 Å². The van der Waals surface area contributed by atoms with Crippen molar-refractivity contribution in [2.45, 2.75) is 64.3 Å². The Kier molecular flexibility index (Phi) is 5.79. The summed E-state index contributed by atoms with van der Waals surface area (Å²) in [6.07, 6.45) is 11.6. The number of nitrogens with one attached hydrogen (secondary N) is 1. The monoisotopic (exact) mass is 238 g/mol. The van der Waals surface area contributed by atoms with Crippen LogP contribution in [-0.2, 0) is 0 Å². The van der Waals surface area contributed by atoms with Crippen LogP contribution in [0.4, 0.5) is 0 Å². The molecular weight excluding hydrogens is 208 g/mol. The predicted molar refractivity (Wildman–Crippen MR) is 74.3 cm³/mol. The first-order chi connectivity index (χ1) is 8.36. The molecule has 100 valence electrons. The number of hydrogen-bond donors (Lipinski definition) is 1. The molecule has 0 spiro atoms. The first-order valence-corrected chi connectivity index (χ1v) is 7.81. The molecule has 0 aromatic heterocycles. The number of nitrogens with zero attached hydrogens (tertiary/aromatic N) is 1. The minimum Gasteiger partial charge on any atom is -0.315 e. The van der Waals surface area contributed by atoms with Gasteiger partial charge in [-0.2, -0.15) is 0 Å². The van der Waals surface area contributed by atoms with Crippen LogP contribution in [0.2, 0.25) is 0 Å². The molecule has 0 amide bonds. The minimum atomic E-state index is 0.811. The van der Waals surface area contributed by atoms with Gasteiger partial charge in [0.2, 0.25) is 0 Å². The Morgan fingerprint density at radius 1 is 1.00 bits per heavy atom. The first-order valence-electron chi connectivity index (χ1n) is 7.81. The summed E-state index contributed by atoms with van der Waals surface area (Å²) in [5.41, 5.74) is 0. The summed E-state index contributed by atoms with van der Waals surface area (Å²) in [6.45, 7) is 7.45. The maximum Gasteiger partial charge on any atom is 0.0110 e. The van der Waals surface area contributed by atoms with Gasteiger partial charge in [-0.05, 0) is 51.6 Å². The van der Waals surface area contributed by atoms with Crippen molar-refractivity contribution < 1.29 is 0 Å². The quantitative estimate of drug-likeness (QED) is 0.741. The van der Waals surface area contributed by atoms with Crippen LogP contribution >= 0.6 is 0 Å². The molecule has 2 aliphatic rings. The van der Waals surface area contributed by atoms with E-state index in [-0.39, 0.29) is 0 Å². The molecule has 0 aromatic rings. The third-order valence-electron chi connectivity index (χ3n) is 4.67. The Hall–Kier alpha value is -0.0800. The van der Waals surface area contributed by atoms with Gasteiger partial charge in [0.15, 0.2) is 0 Å². The van der Waals surface area contributed by atoms with Crippen molar-refractivity contribution in [3.63, 3.8) is 0 Å². The minimum absolute atomic E-state index is 0.811. The lowest BCUT2D eigenvalue weighted by atomic mass is 10.1. The van der Waals surface area contributed by atoms with Gasteiger partial charge >= 0.3 is 0 Å². The number of likely N-dealkylation sites (tertiary alicyclic amines) is 1. The van der Waals surface area contributed by atoms with Gasteiger partial charge in [0.25, 0.3) is 0 Å². The van der Waals surface area contributed by atoms with Crippen LogP contribution in [0.15, 0.2) is 0 Å². The third kappa shape index (κ3) is 4.59. The molecule has 0 bridgehead atoms. The van der Waals surface area contributed by atoms with Gasteiger partial charge in [-0.25, -0.2) is 0 Å². The summed E-state index contributed by atoms with van der Waals surface area (Å²) in [4.78, 5) is 2.69. The van der Waals surface area contributed by atoms with E-state index >= 15 is 0 Å². The molecule has 1 N–H and O–H groups in total. The van der Waals surface area contributed by atoms with Gasteiger partial charge in [-0.1, -0.05) is 25.7 Å². The Bertz CT molecular complexity index is 199. The maximum absolute atomic E-state index is 3.67. The predicted octanol–water partition coefficient (Wildman–Crippen LogP) is 3.03. The van der Waals surface area contributed by atoms with Crippen molar-refractivity contribution in [1.29, 1.82) is 0 Å². The average Bonchev–Trinajstić information content (AvgIpc) is 2.76. The molecule has 2 fully saturated rings. The molecule has 1 aliphatic carbocycles. The summed E-state index contributed by atoms with van der Waals surface area (Å²) < 4.78 is 0. The molecule has 1 saturated carbocycles. The molecule has 1 unspecified atom stereocenters. The summed E-state index contributed by atoms with van der Waals surface area (Å²) in [5.74, 6) is 0.983. The van der Waals surface area contributed by atoms with Crippen LogP contribution in [-0.4, -0.2) is 37.1 Å². The Morgan fingerprint density at radius 3 is 2.59 bits per heavy atom. The Labute approximate surface area is 107 Å². The highest BCUT2D eigenvalue weighted by Gasteiger charge is 2.17. The average molecular weight is 238 g/mol. The van der Waals surface area contributed by atoms with E-state index in [4.69, 9.17) is 0 Å². The van der Waals surface area contributed by atoms with Gasteiger partial charge in [-0.3, -0.25) is 4.90 Å². The maximum atomic E-state index is 3.67. The van der Waals surface area contributed by atoms with E-state index in [1.54, 1.807) is 0 Å². The van der Waals surface area contributed by atoms with Crippen molar-refractivity contribution in [2.24, 2.45) is 5.92 Å². The van der Waals surface area contributed by atoms with Crippen molar-refractivity contribution in [2.75, 3.05) is 26.2 Å². The van der Waals surface area contributed by atoms with Crippen LogP contribution in [0, 0.1) is 5.92 Å². The molecule has 2 heteroatoms. The van der Waals surface area contributed by atoms with E-state index in [2.05, 4.69) is 17.1 Å². The molecule has 2 nitrogen and oxygen atoms in total. The molecule has 2 rings (SSSR count). The van der Waals surface area contributed by atoms with Gasteiger partial charge in [0.1, 0.15) is 0 Å². The summed E-state index contributed by atoms with van der Waals surface area (Å²) in [7, 11) is 0. The smallest absolute Gasteiger partial charge is 0.0110 e. The summed E-state index contributed by atoms with van der Waals surface area (Å²) >= 11 is 0. The van der Waals surface area contributed by atoms with Crippen LogP contribution < -0.4 is 5.32 Å². The van der Waals surface area contributed by atoms with Crippen molar-refractivity contribution in [1.82, 2.24) is 10.2 Å². The lowest BCUT2D eigenvalue weighted by molar-refractivity contribution is 0.213. The van der Waals surface area contributed by atoms with Crippen LogP contribution in [0.5, 0.6) is 0 Å². The number of rotatable bonds is 5. The molecule has 1 aliphatic heterocycles. The highest BCUT2D eigenvalue weighted by atomic mass is 15.2. The first kappa shape index (κ1) is 13.4. The highest BCUT2D eigenvalue weighted by molar-refractivity contribution is 4.73. The van der Waals surface area contributed by atoms with Gasteiger partial charge in [0.05, 0.1) is 0 Å².